The molecule has 3 N–H and O–H groups in total. The summed E-state index contributed by atoms with van der Waals surface area (Å²) in [4.78, 5) is 13.6. The zero-order valence-electron chi connectivity index (χ0n) is 10.0. The van der Waals surface area contributed by atoms with Crippen LogP contribution in [-0.4, -0.2) is 23.9 Å². The van der Waals surface area contributed by atoms with Crippen molar-refractivity contribution >= 4 is 11.6 Å². The number of benzene rings is 1. The topological polar surface area (TPSA) is 58.4 Å². The minimum Gasteiger partial charge on any atom is -0.338 e. The molecule has 1 atom stereocenters. The van der Waals surface area contributed by atoms with Gasteiger partial charge in [0.15, 0.2) is 11.6 Å². The van der Waals surface area contributed by atoms with Crippen molar-refractivity contribution in [2.75, 3.05) is 18.5 Å². The average Bonchev–Trinajstić information content (AvgIpc) is 2.74. The number of rotatable bonds is 2. The Morgan fingerprint density at radius 2 is 2.06 bits per heavy atom. The largest absolute Gasteiger partial charge is 0.338 e. The molecule has 4 nitrogen and oxygen atoms in total. The van der Waals surface area contributed by atoms with E-state index in [0.29, 0.717) is 19.0 Å². The summed E-state index contributed by atoms with van der Waals surface area (Å²) in [6.07, 6.45) is 0.916. The minimum absolute atomic E-state index is 0.0121. The highest BCUT2D eigenvalue weighted by molar-refractivity contribution is 5.94. The fourth-order valence-electron chi connectivity index (χ4n) is 2.14. The van der Waals surface area contributed by atoms with Gasteiger partial charge in [-0.15, -0.1) is 0 Å². The van der Waals surface area contributed by atoms with Gasteiger partial charge in [-0.05, 0) is 24.5 Å². The van der Waals surface area contributed by atoms with E-state index in [1.54, 1.807) is 4.90 Å². The molecule has 1 aromatic carbocycles. The summed E-state index contributed by atoms with van der Waals surface area (Å²) in [5.41, 5.74) is 1.51. The van der Waals surface area contributed by atoms with Crippen molar-refractivity contribution in [1.29, 1.82) is 0 Å². The van der Waals surface area contributed by atoms with E-state index in [0.717, 1.165) is 18.6 Å². The quantitative estimate of drug-likeness (QED) is 0.625. The van der Waals surface area contributed by atoms with Crippen LogP contribution in [0.4, 0.5) is 14.5 Å². The highest BCUT2D eigenvalue weighted by atomic mass is 19.1. The summed E-state index contributed by atoms with van der Waals surface area (Å²) in [7, 11) is 0. The van der Waals surface area contributed by atoms with Crippen molar-refractivity contribution in [3.05, 3.63) is 29.3 Å². The smallest absolute Gasteiger partial charge is 0.254 e. The first-order valence-corrected chi connectivity index (χ1v) is 5.78. The van der Waals surface area contributed by atoms with Gasteiger partial charge in [-0.3, -0.25) is 10.6 Å². The zero-order valence-corrected chi connectivity index (χ0v) is 10.0. The van der Waals surface area contributed by atoms with E-state index in [2.05, 4.69) is 0 Å². The van der Waals surface area contributed by atoms with Crippen molar-refractivity contribution < 1.29 is 13.6 Å². The molecule has 1 aromatic rings. The van der Waals surface area contributed by atoms with Crippen LogP contribution in [0.2, 0.25) is 0 Å². The van der Waals surface area contributed by atoms with Gasteiger partial charge >= 0.3 is 0 Å². The lowest BCUT2D eigenvalue weighted by Crippen LogP contribution is -2.28. The fraction of sp³-hybridized carbons (Fsp3) is 0.417. The van der Waals surface area contributed by atoms with Crippen LogP contribution in [0.25, 0.3) is 0 Å². The van der Waals surface area contributed by atoms with E-state index in [9.17, 15) is 13.6 Å². The Labute approximate surface area is 104 Å². The molecule has 1 aliphatic rings. The predicted molar refractivity (Wildman–Crippen MR) is 63.9 cm³/mol. The van der Waals surface area contributed by atoms with Crippen LogP contribution in [0, 0.1) is 17.6 Å². The van der Waals surface area contributed by atoms with E-state index >= 15 is 0 Å². The molecule has 6 heteroatoms. The summed E-state index contributed by atoms with van der Waals surface area (Å²) in [5.74, 6) is 3.34. The maximum absolute atomic E-state index is 13.5. The number of hydrogen-bond donors (Lipinski definition) is 2. The molecule has 1 saturated heterocycles. The standard InChI is InChI=1S/C12H15F2N3O/c1-7-2-3-17(6-7)12(18)8-4-9(13)11(16-15)10(14)5-8/h4-5,7,16H,2-3,6,15H2,1H3. The SMILES string of the molecule is CC1CCN(C(=O)c2cc(F)c(NN)c(F)c2)C1. The number of nitrogens with two attached hydrogens (primary N) is 1. The van der Waals surface area contributed by atoms with E-state index in [1.807, 2.05) is 12.3 Å². The molecule has 1 unspecified atom stereocenters. The predicted octanol–water partition coefficient (Wildman–Crippen LogP) is 1.73. The molecule has 0 aromatic heterocycles. The third kappa shape index (κ3) is 2.28. The van der Waals surface area contributed by atoms with Crippen LogP contribution >= 0.6 is 0 Å². The minimum atomic E-state index is -0.868. The highest BCUT2D eigenvalue weighted by Crippen LogP contribution is 2.23. The Kier molecular flexibility index (Phi) is 3.47. The lowest BCUT2D eigenvalue weighted by molar-refractivity contribution is 0.0787. The van der Waals surface area contributed by atoms with Gasteiger partial charge in [0.1, 0.15) is 5.69 Å². The summed E-state index contributed by atoms with van der Waals surface area (Å²) in [6.45, 7) is 3.29. The number of carbonyl (C=O) groups excluding carboxylic acids is 1. The molecule has 1 aliphatic heterocycles. The second-order valence-corrected chi connectivity index (χ2v) is 4.60. The molecular formula is C12H15F2N3O. The maximum atomic E-state index is 13.5. The van der Waals surface area contributed by atoms with Crippen molar-refractivity contribution in [3.8, 4) is 0 Å². The number of likely N-dealkylation sites (tertiary alicyclic amines) is 1. The van der Waals surface area contributed by atoms with Crippen molar-refractivity contribution in [3.63, 3.8) is 0 Å². The summed E-state index contributed by atoms with van der Waals surface area (Å²) >= 11 is 0. The molecule has 0 bridgehead atoms. The maximum Gasteiger partial charge on any atom is 0.254 e. The average molecular weight is 255 g/mol. The van der Waals surface area contributed by atoms with Gasteiger partial charge in [-0.25, -0.2) is 8.78 Å². The van der Waals surface area contributed by atoms with Gasteiger partial charge in [-0.2, -0.15) is 0 Å². The van der Waals surface area contributed by atoms with Gasteiger partial charge in [0.2, 0.25) is 0 Å². The number of hydrazine groups is 1. The molecular weight excluding hydrogens is 240 g/mol. The van der Waals surface area contributed by atoms with Crippen LogP contribution in [0.1, 0.15) is 23.7 Å². The molecule has 0 spiro atoms. The number of anilines is 1. The molecule has 1 heterocycles. The number of amides is 1. The molecule has 98 valence electrons. The number of hydrogen-bond acceptors (Lipinski definition) is 3. The monoisotopic (exact) mass is 255 g/mol. The van der Waals surface area contributed by atoms with Crippen molar-refractivity contribution in [1.82, 2.24) is 4.90 Å². The number of carbonyl (C=O) groups is 1. The van der Waals surface area contributed by atoms with Gasteiger partial charge < -0.3 is 10.3 Å². The normalized spacial score (nSPS) is 19.1. The van der Waals surface area contributed by atoms with E-state index in [-0.39, 0.29) is 11.5 Å². The van der Waals surface area contributed by atoms with Crippen LogP contribution < -0.4 is 11.3 Å². The molecule has 1 fully saturated rings. The second kappa shape index (κ2) is 4.89. The highest BCUT2D eigenvalue weighted by Gasteiger charge is 2.25. The summed E-state index contributed by atoms with van der Waals surface area (Å²) in [5, 5.41) is 0. The summed E-state index contributed by atoms with van der Waals surface area (Å²) < 4.78 is 27.0. The zero-order chi connectivity index (χ0) is 13.3. The van der Waals surface area contributed by atoms with Crippen LogP contribution in [-0.2, 0) is 0 Å². The Balaban J connectivity index is 2.26. The number of nitrogens with one attached hydrogen (secondary N) is 1. The van der Waals surface area contributed by atoms with Crippen molar-refractivity contribution in [2.45, 2.75) is 13.3 Å². The van der Waals surface area contributed by atoms with Crippen molar-refractivity contribution in [2.24, 2.45) is 11.8 Å². The number of halogens is 2. The Bertz CT molecular complexity index is 455. The van der Waals surface area contributed by atoms with Crippen LogP contribution in [0.5, 0.6) is 0 Å². The third-order valence-corrected chi connectivity index (χ3v) is 3.14. The van der Waals surface area contributed by atoms with Crippen LogP contribution in [0.3, 0.4) is 0 Å². The number of nitrogens with zero attached hydrogens (tertiary/aromatic N) is 1. The van der Waals surface area contributed by atoms with Gasteiger partial charge in [0.25, 0.3) is 5.91 Å². The molecule has 1 amide bonds. The van der Waals surface area contributed by atoms with E-state index < -0.39 is 17.3 Å². The molecule has 0 aliphatic carbocycles. The van der Waals surface area contributed by atoms with Gasteiger partial charge in [0, 0.05) is 18.7 Å². The first kappa shape index (κ1) is 12.8. The third-order valence-electron chi connectivity index (χ3n) is 3.14. The lowest BCUT2D eigenvalue weighted by Gasteiger charge is -2.16. The Morgan fingerprint density at radius 1 is 1.44 bits per heavy atom. The molecule has 0 radical (unpaired) electrons. The second-order valence-electron chi connectivity index (χ2n) is 4.60. The first-order valence-electron chi connectivity index (χ1n) is 5.78. The molecule has 0 saturated carbocycles. The van der Waals surface area contributed by atoms with Gasteiger partial charge in [-0.1, -0.05) is 6.92 Å². The first-order chi connectivity index (χ1) is 8.52. The number of nitrogen functional groups attached to an aromatic ring is 1. The molecule has 2 rings (SSSR count). The lowest BCUT2D eigenvalue weighted by atomic mass is 10.1. The molecule has 18 heavy (non-hydrogen) atoms. The van der Waals surface area contributed by atoms with E-state index in [1.165, 1.54) is 0 Å². The van der Waals surface area contributed by atoms with Crippen LogP contribution in [0.15, 0.2) is 12.1 Å². The fourth-order valence-corrected chi connectivity index (χ4v) is 2.14. The summed E-state index contributed by atoms with van der Waals surface area (Å²) in [6, 6.07) is 2.01. The van der Waals surface area contributed by atoms with E-state index in [4.69, 9.17) is 5.84 Å². The van der Waals surface area contributed by atoms with Gasteiger partial charge in [0.05, 0.1) is 0 Å². The Morgan fingerprint density at radius 3 is 2.50 bits per heavy atom. The Hall–Kier alpha value is -1.69.